The molecule has 41 heavy (non-hydrogen) atoms. The van der Waals surface area contributed by atoms with E-state index in [1.807, 2.05) is 61.7 Å². The molecule has 202 valence electrons. The largest absolute Gasteiger partial charge is 0.361 e. The van der Waals surface area contributed by atoms with Gasteiger partial charge >= 0.3 is 6.03 Å². The van der Waals surface area contributed by atoms with Gasteiger partial charge in [-0.2, -0.15) is 10.4 Å². The molecule has 2 amide bonds. The first-order valence-corrected chi connectivity index (χ1v) is 13.5. The normalized spacial score (nSPS) is 10.9. The van der Waals surface area contributed by atoms with E-state index in [4.69, 9.17) is 0 Å². The molecule has 3 heterocycles. The number of nitriles is 1. The average molecular weight is 540 g/mol. The van der Waals surface area contributed by atoms with Crippen molar-refractivity contribution < 1.29 is 4.79 Å². The zero-order chi connectivity index (χ0) is 28.2. The number of carbonyl (C=O) groups excluding carboxylic acids is 1. The number of anilines is 3. The summed E-state index contributed by atoms with van der Waals surface area (Å²) < 4.78 is 1.68. The van der Waals surface area contributed by atoms with E-state index in [1.54, 1.807) is 10.7 Å². The second-order valence-corrected chi connectivity index (χ2v) is 9.98. The summed E-state index contributed by atoms with van der Waals surface area (Å²) in [6, 6.07) is 28.6. The van der Waals surface area contributed by atoms with E-state index < -0.39 is 0 Å². The van der Waals surface area contributed by atoms with Gasteiger partial charge in [0, 0.05) is 34.9 Å². The van der Waals surface area contributed by atoms with Crippen molar-refractivity contribution in [2.45, 2.75) is 19.8 Å². The zero-order valence-electron chi connectivity index (χ0n) is 22.6. The van der Waals surface area contributed by atoms with E-state index in [1.165, 1.54) is 17.3 Å². The van der Waals surface area contributed by atoms with E-state index >= 15 is 0 Å². The van der Waals surface area contributed by atoms with Crippen LogP contribution in [-0.2, 0) is 12.8 Å². The lowest BCUT2D eigenvalue weighted by atomic mass is 10.0. The number of aromatic amines is 1. The maximum Gasteiger partial charge on any atom is 0.319 e. The molecule has 0 atom stereocenters. The van der Waals surface area contributed by atoms with Crippen LogP contribution in [0.1, 0.15) is 27.8 Å². The van der Waals surface area contributed by atoms with E-state index in [0.29, 0.717) is 29.9 Å². The van der Waals surface area contributed by atoms with Gasteiger partial charge < -0.3 is 20.9 Å². The molecule has 4 N–H and O–H groups in total. The van der Waals surface area contributed by atoms with E-state index in [9.17, 15) is 10.1 Å². The number of rotatable bonds is 8. The SMILES string of the molecule is Cc1c(NC(=O)NCCc2c[nH]c3ccccc23)cn2ncc(C#N)c(Nc3ccc(Cc4ccccc4)cc3)c12. The van der Waals surface area contributed by atoms with Gasteiger partial charge in [0.15, 0.2) is 0 Å². The first-order valence-electron chi connectivity index (χ1n) is 13.5. The van der Waals surface area contributed by atoms with Gasteiger partial charge in [-0.25, -0.2) is 9.31 Å². The molecule has 0 unspecified atom stereocenters. The fraction of sp³-hybridized carbons (Fsp3) is 0.121. The Kier molecular flexibility index (Phi) is 7.08. The van der Waals surface area contributed by atoms with Crippen LogP contribution in [0.3, 0.4) is 0 Å². The van der Waals surface area contributed by atoms with Gasteiger partial charge in [0.25, 0.3) is 0 Å². The summed E-state index contributed by atoms with van der Waals surface area (Å²) in [6.45, 7) is 2.40. The van der Waals surface area contributed by atoms with Crippen LogP contribution in [0.2, 0.25) is 0 Å². The van der Waals surface area contributed by atoms with Crippen LogP contribution < -0.4 is 16.0 Å². The molecule has 0 bridgehead atoms. The van der Waals surface area contributed by atoms with Crippen molar-refractivity contribution in [1.82, 2.24) is 19.9 Å². The molecule has 0 aliphatic heterocycles. The highest BCUT2D eigenvalue weighted by atomic mass is 16.2. The van der Waals surface area contributed by atoms with Crippen LogP contribution in [0.15, 0.2) is 97.5 Å². The van der Waals surface area contributed by atoms with Gasteiger partial charge in [-0.3, -0.25) is 0 Å². The summed E-state index contributed by atoms with van der Waals surface area (Å²) in [5.74, 6) is 0. The highest BCUT2D eigenvalue weighted by Gasteiger charge is 2.17. The number of aryl methyl sites for hydroxylation is 1. The standard InChI is InChI=1S/C33H29N7O/c1-22-30(39-33(41)35-16-15-25-19-36-29-10-6-5-9-28(25)29)21-40-32(22)31(26(18-34)20-37-40)38-27-13-11-24(12-14-27)17-23-7-3-2-4-8-23/h2-14,19-21,36,38H,15-17H2,1H3,(H2,35,39,41). The second-order valence-electron chi connectivity index (χ2n) is 9.98. The third-order valence-electron chi connectivity index (χ3n) is 7.25. The van der Waals surface area contributed by atoms with E-state index in [0.717, 1.165) is 39.7 Å². The number of benzene rings is 3. The van der Waals surface area contributed by atoms with Crippen molar-refractivity contribution in [3.63, 3.8) is 0 Å². The number of urea groups is 1. The molecular formula is C33H29N7O. The molecular weight excluding hydrogens is 510 g/mol. The third-order valence-corrected chi connectivity index (χ3v) is 7.25. The first kappa shape index (κ1) is 25.7. The lowest BCUT2D eigenvalue weighted by Gasteiger charge is -2.12. The minimum Gasteiger partial charge on any atom is -0.361 e. The maximum atomic E-state index is 12.8. The van der Waals surface area contributed by atoms with Crippen molar-refractivity contribution in [1.29, 1.82) is 5.26 Å². The number of hydrogen-bond acceptors (Lipinski definition) is 4. The minimum absolute atomic E-state index is 0.298. The monoisotopic (exact) mass is 539 g/mol. The Hall–Kier alpha value is -5.55. The molecule has 6 aromatic rings. The van der Waals surface area contributed by atoms with Crippen molar-refractivity contribution in [3.05, 3.63) is 125 Å². The molecule has 0 saturated heterocycles. The number of nitrogens with zero attached hydrogens (tertiary/aromatic N) is 3. The average Bonchev–Trinajstić information content (AvgIpc) is 3.55. The quantitative estimate of drug-likeness (QED) is 0.173. The molecule has 6 rings (SSSR count). The topological polar surface area (TPSA) is 110 Å². The number of aromatic nitrogens is 3. The number of carbonyl (C=O) groups is 1. The lowest BCUT2D eigenvalue weighted by Crippen LogP contribution is -2.30. The van der Waals surface area contributed by atoms with E-state index in [-0.39, 0.29) is 6.03 Å². The number of amides is 2. The predicted molar refractivity (Wildman–Crippen MR) is 163 cm³/mol. The molecule has 3 aromatic carbocycles. The number of hydrogen-bond donors (Lipinski definition) is 4. The number of para-hydroxylation sites is 1. The van der Waals surface area contributed by atoms with Crippen LogP contribution in [0, 0.1) is 18.3 Å². The molecule has 0 aliphatic rings. The minimum atomic E-state index is -0.298. The van der Waals surface area contributed by atoms with Crippen LogP contribution in [0.4, 0.5) is 21.9 Å². The summed E-state index contributed by atoms with van der Waals surface area (Å²) in [4.78, 5) is 16.0. The van der Waals surface area contributed by atoms with Gasteiger partial charge in [0.05, 0.1) is 34.8 Å². The molecule has 8 nitrogen and oxygen atoms in total. The lowest BCUT2D eigenvalue weighted by molar-refractivity contribution is 0.252. The van der Waals surface area contributed by atoms with Crippen LogP contribution in [0.5, 0.6) is 0 Å². The number of H-pyrrole nitrogens is 1. The smallest absolute Gasteiger partial charge is 0.319 e. The summed E-state index contributed by atoms with van der Waals surface area (Å²) >= 11 is 0. The Morgan fingerprint density at radius 2 is 1.76 bits per heavy atom. The fourth-order valence-corrected chi connectivity index (χ4v) is 5.12. The Bertz CT molecular complexity index is 1880. The van der Waals surface area contributed by atoms with Crippen molar-refractivity contribution in [2.24, 2.45) is 0 Å². The Balaban J connectivity index is 1.16. The van der Waals surface area contributed by atoms with Crippen LogP contribution >= 0.6 is 0 Å². The van der Waals surface area contributed by atoms with Crippen LogP contribution in [0.25, 0.3) is 16.4 Å². The van der Waals surface area contributed by atoms with E-state index in [2.05, 4.69) is 62.4 Å². The fourth-order valence-electron chi connectivity index (χ4n) is 5.12. The zero-order valence-corrected chi connectivity index (χ0v) is 22.6. The summed E-state index contributed by atoms with van der Waals surface area (Å²) in [6.07, 6.45) is 6.84. The Labute approximate surface area is 237 Å². The Morgan fingerprint density at radius 1 is 1.00 bits per heavy atom. The van der Waals surface area contributed by atoms with Gasteiger partial charge in [-0.05, 0) is 54.7 Å². The number of nitrogens with one attached hydrogen (secondary N) is 4. The molecule has 0 aliphatic carbocycles. The van der Waals surface area contributed by atoms with Gasteiger partial charge in [0.2, 0.25) is 0 Å². The molecule has 0 radical (unpaired) electrons. The summed E-state index contributed by atoms with van der Waals surface area (Å²) in [5, 5.41) is 24.7. The third kappa shape index (κ3) is 5.47. The molecule has 0 saturated carbocycles. The van der Waals surface area contributed by atoms with Crippen LogP contribution in [-0.4, -0.2) is 27.2 Å². The summed E-state index contributed by atoms with van der Waals surface area (Å²) in [7, 11) is 0. The van der Waals surface area contributed by atoms with Crippen molar-refractivity contribution >= 4 is 39.5 Å². The predicted octanol–water partition coefficient (Wildman–Crippen LogP) is 6.69. The van der Waals surface area contributed by atoms with Gasteiger partial charge in [0.1, 0.15) is 6.07 Å². The molecule has 3 aromatic heterocycles. The maximum absolute atomic E-state index is 12.8. The van der Waals surface area contributed by atoms with Gasteiger partial charge in [-0.1, -0.05) is 60.7 Å². The van der Waals surface area contributed by atoms with Gasteiger partial charge in [-0.15, -0.1) is 0 Å². The second kappa shape index (κ2) is 11.3. The number of fused-ring (bicyclic) bond motifs is 2. The van der Waals surface area contributed by atoms with Crippen molar-refractivity contribution in [3.8, 4) is 6.07 Å². The Morgan fingerprint density at radius 3 is 2.56 bits per heavy atom. The first-order chi connectivity index (χ1) is 20.1. The molecule has 0 spiro atoms. The molecule has 0 fully saturated rings. The summed E-state index contributed by atoms with van der Waals surface area (Å²) in [5.41, 5.74) is 8.77. The highest BCUT2D eigenvalue weighted by molar-refractivity contribution is 5.95. The molecule has 8 heteroatoms. The van der Waals surface area contributed by atoms with Crippen molar-refractivity contribution in [2.75, 3.05) is 17.2 Å². The highest BCUT2D eigenvalue weighted by Crippen LogP contribution is 2.32.